The first-order valence-corrected chi connectivity index (χ1v) is 5.85. The van der Waals surface area contributed by atoms with E-state index in [1.165, 1.54) is 0 Å². The Morgan fingerprint density at radius 3 is 2.53 bits per heavy atom. The molecule has 0 unspecified atom stereocenters. The van der Waals surface area contributed by atoms with Crippen LogP contribution in [-0.2, 0) is 6.54 Å². The first-order chi connectivity index (χ1) is 8.13. The average molecular weight is 234 g/mol. The van der Waals surface area contributed by atoms with E-state index in [0.717, 1.165) is 35.0 Å². The lowest BCUT2D eigenvalue weighted by Gasteiger charge is -1.97. The van der Waals surface area contributed by atoms with Gasteiger partial charge < -0.3 is 14.2 Å². The van der Waals surface area contributed by atoms with Gasteiger partial charge in [0, 0.05) is 5.56 Å². The van der Waals surface area contributed by atoms with Gasteiger partial charge in [-0.3, -0.25) is 0 Å². The number of rotatable bonds is 4. The predicted octanol–water partition coefficient (Wildman–Crippen LogP) is 2.97. The highest BCUT2D eigenvalue weighted by atomic mass is 16.4. The molecule has 0 radical (unpaired) electrons. The maximum absolute atomic E-state index is 5.71. The second kappa shape index (κ2) is 4.75. The SMILES string of the molecule is CCNCc1ncc(-c2c(C)oc(C)c2C)o1. The lowest BCUT2D eigenvalue weighted by molar-refractivity contribution is 0.478. The number of furan rings is 1. The van der Waals surface area contributed by atoms with Crippen LogP contribution in [0.25, 0.3) is 11.3 Å². The van der Waals surface area contributed by atoms with Crippen molar-refractivity contribution in [3.8, 4) is 11.3 Å². The van der Waals surface area contributed by atoms with Gasteiger partial charge in [0.1, 0.15) is 11.5 Å². The molecule has 17 heavy (non-hydrogen) atoms. The van der Waals surface area contributed by atoms with Crippen molar-refractivity contribution in [2.24, 2.45) is 0 Å². The molecule has 2 heterocycles. The number of oxazole rings is 1. The number of aromatic nitrogens is 1. The summed E-state index contributed by atoms with van der Waals surface area (Å²) in [6.07, 6.45) is 1.76. The van der Waals surface area contributed by atoms with Gasteiger partial charge in [-0.2, -0.15) is 0 Å². The molecule has 2 aromatic heterocycles. The summed E-state index contributed by atoms with van der Waals surface area (Å²) in [5, 5.41) is 3.18. The molecular formula is C13H18N2O2. The molecule has 1 N–H and O–H groups in total. The van der Waals surface area contributed by atoms with Gasteiger partial charge in [-0.1, -0.05) is 6.92 Å². The van der Waals surface area contributed by atoms with Gasteiger partial charge in [-0.05, 0) is 27.3 Å². The van der Waals surface area contributed by atoms with Crippen LogP contribution in [0, 0.1) is 20.8 Å². The second-order valence-electron chi connectivity index (χ2n) is 4.11. The number of aryl methyl sites for hydroxylation is 2. The quantitative estimate of drug-likeness (QED) is 0.883. The summed E-state index contributed by atoms with van der Waals surface area (Å²) >= 11 is 0. The Bertz CT molecular complexity index is 511. The molecule has 2 aromatic rings. The van der Waals surface area contributed by atoms with E-state index in [9.17, 15) is 0 Å². The monoisotopic (exact) mass is 234 g/mol. The molecule has 0 aliphatic rings. The number of nitrogens with zero attached hydrogens (tertiary/aromatic N) is 1. The molecule has 0 aromatic carbocycles. The van der Waals surface area contributed by atoms with Gasteiger partial charge >= 0.3 is 0 Å². The van der Waals surface area contributed by atoms with E-state index in [2.05, 4.69) is 17.2 Å². The predicted molar refractivity (Wildman–Crippen MR) is 65.8 cm³/mol. The Morgan fingerprint density at radius 2 is 1.94 bits per heavy atom. The van der Waals surface area contributed by atoms with E-state index in [1.807, 2.05) is 20.8 Å². The molecule has 0 amide bonds. The van der Waals surface area contributed by atoms with Crippen LogP contribution in [-0.4, -0.2) is 11.5 Å². The number of hydrogen-bond donors (Lipinski definition) is 1. The molecule has 0 bridgehead atoms. The zero-order valence-electron chi connectivity index (χ0n) is 10.8. The zero-order chi connectivity index (χ0) is 12.4. The summed E-state index contributed by atoms with van der Waals surface area (Å²) in [7, 11) is 0. The summed E-state index contributed by atoms with van der Waals surface area (Å²) < 4.78 is 11.3. The molecule has 0 atom stereocenters. The fourth-order valence-corrected chi connectivity index (χ4v) is 1.90. The first kappa shape index (κ1) is 11.9. The third kappa shape index (κ3) is 2.26. The Balaban J connectivity index is 2.30. The van der Waals surface area contributed by atoms with Crippen LogP contribution in [0.3, 0.4) is 0 Å². The van der Waals surface area contributed by atoms with Crippen LogP contribution in [0.2, 0.25) is 0 Å². The fraction of sp³-hybridized carbons (Fsp3) is 0.462. The third-order valence-corrected chi connectivity index (χ3v) is 2.89. The van der Waals surface area contributed by atoms with Crippen molar-refractivity contribution in [3.05, 3.63) is 29.2 Å². The van der Waals surface area contributed by atoms with Crippen molar-refractivity contribution in [2.45, 2.75) is 34.2 Å². The van der Waals surface area contributed by atoms with Crippen LogP contribution in [0.1, 0.15) is 29.9 Å². The topological polar surface area (TPSA) is 51.2 Å². The van der Waals surface area contributed by atoms with Crippen LogP contribution in [0.5, 0.6) is 0 Å². The van der Waals surface area contributed by atoms with Crippen molar-refractivity contribution in [3.63, 3.8) is 0 Å². The van der Waals surface area contributed by atoms with Crippen LogP contribution in [0.15, 0.2) is 15.0 Å². The van der Waals surface area contributed by atoms with E-state index >= 15 is 0 Å². The van der Waals surface area contributed by atoms with Gasteiger partial charge in [0.15, 0.2) is 5.76 Å². The van der Waals surface area contributed by atoms with Gasteiger partial charge in [-0.25, -0.2) is 4.98 Å². The molecule has 0 aliphatic carbocycles. The number of nitrogens with one attached hydrogen (secondary N) is 1. The van der Waals surface area contributed by atoms with Gasteiger partial charge in [0.25, 0.3) is 0 Å². The summed E-state index contributed by atoms with van der Waals surface area (Å²) in [5.74, 6) is 3.30. The molecule has 0 saturated carbocycles. The first-order valence-electron chi connectivity index (χ1n) is 5.85. The minimum absolute atomic E-state index is 0.658. The van der Waals surface area contributed by atoms with E-state index < -0.39 is 0 Å². The fourth-order valence-electron chi connectivity index (χ4n) is 1.90. The van der Waals surface area contributed by atoms with Gasteiger partial charge in [0.2, 0.25) is 5.89 Å². The smallest absolute Gasteiger partial charge is 0.208 e. The number of hydrogen-bond acceptors (Lipinski definition) is 4. The Morgan fingerprint density at radius 1 is 1.18 bits per heavy atom. The summed E-state index contributed by atoms with van der Waals surface area (Å²) in [6.45, 7) is 9.56. The minimum Gasteiger partial charge on any atom is -0.466 e. The lowest BCUT2D eigenvalue weighted by atomic mass is 10.1. The van der Waals surface area contributed by atoms with Crippen LogP contribution < -0.4 is 5.32 Å². The van der Waals surface area contributed by atoms with Crippen LogP contribution in [0.4, 0.5) is 0 Å². The van der Waals surface area contributed by atoms with Crippen molar-refractivity contribution in [1.29, 1.82) is 0 Å². The molecular weight excluding hydrogens is 216 g/mol. The molecule has 4 nitrogen and oxygen atoms in total. The molecule has 92 valence electrons. The molecule has 0 saturated heterocycles. The largest absolute Gasteiger partial charge is 0.466 e. The standard InChI is InChI=1S/C13H18N2O2/c1-5-14-7-12-15-6-11(17-12)13-8(2)9(3)16-10(13)4/h6,14H,5,7H2,1-4H3. The highest BCUT2D eigenvalue weighted by molar-refractivity contribution is 5.64. The maximum Gasteiger partial charge on any atom is 0.208 e. The molecule has 0 fully saturated rings. The second-order valence-corrected chi connectivity index (χ2v) is 4.11. The highest BCUT2D eigenvalue weighted by Gasteiger charge is 2.16. The summed E-state index contributed by atoms with van der Waals surface area (Å²) in [5.41, 5.74) is 2.14. The van der Waals surface area contributed by atoms with Crippen molar-refractivity contribution in [2.75, 3.05) is 6.54 Å². The van der Waals surface area contributed by atoms with Crippen molar-refractivity contribution < 1.29 is 8.83 Å². The minimum atomic E-state index is 0.658. The van der Waals surface area contributed by atoms with Crippen molar-refractivity contribution in [1.82, 2.24) is 10.3 Å². The normalized spacial score (nSPS) is 11.1. The van der Waals surface area contributed by atoms with E-state index in [0.29, 0.717) is 12.4 Å². The Hall–Kier alpha value is -1.55. The van der Waals surface area contributed by atoms with E-state index in [4.69, 9.17) is 8.83 Å². The van der Waals surface area contributed by atoms with E-state index in [-0.39, 0.29) is 0 Å². The Labute approximate surface area is 101 Å². The summed E-state index contributed by atoms with van der Waals surface area (Å²) in [4.78, 5) is 4.25. The molecule has 0 spiro atoms. The van der Waals surface area contributed by atoms with E-state index in [1.54, 1.807) is 6.20 Å². The van der Waals surface area contributed by atoms with Crippen molar-refractivity contribution >= 4 is 0 Å². The average Bonchev–Trinajstić information content (AvgIpc) is 2.83. The molecule has 2 rings (SSSR count). The lowest BCUT2D eigenvalue weighted by Crippen LogP contribution is -2.11. The molecule has 0 aliphatic heterocycles. The zero-order valence-corrected chi connectivity index (χ0v) is 10.8. The highest BCUT2D eigenvalue weighted by Crippen LogP contribution is 2.31. The third-order valence-electron chi connectivity index (χ3n) is 2.89. The van der Waals surface area contributed by atoms with Gasteiger partial charge in [0.05, 0.1) is 18.3 Å². The summed E-state index contributed by atoms with van der Waals surface area (Å²) in [6, 6.07) is 0. The molecule has 4 heteroatoms. The Kier molecular flexibility index (Phi) is 3.33. The van der Waals surface area contributed by atoms with Crippen LogP contribution >= 0.6 is 0 Å². The van der Waals surface area contributed by atoms with Gasteiger partial charge in [-0.15, -0.1) is 0 Å². The maximum atomic E-state index is 5.71.